The summed E-state index contributed by atoms with van der Waals surface area (Å²) in [4.78, 5) is 12.9. The van der Waals surface area contributed by atoms with E-state index < -0.39 is 7.12 Å². The molecule has 0 aliphatic carbocycles. The molecule has 0 aliphatic rings. The maximum absolute atomic E-state index is 12.9. The van der Waals surface area contributed by atoms with Crippen LogP contribution in [0.1, 0.15) is 66.4 Å². The van der Waals surface area contributed by atoms with Gasteiger partial charge in [0, 0.05) is 18.5 Å². The molecule has 0 saturated heterocycles. The minimum absolute atomic E-state index is 0.111. The second kappa shape index (κ2) is 11.8. The number of benzene rings is 3. The lowest BCUT2D eigenvalue weighted by Gasteiger charge is -2.17. The summed E-state index contributed by atoms with van der Waals surface area (Å²) < 4.78 is 0. The molecule has 3 rings (SSSR count). The standard InChI is InChI=1S/C27H32BNO3/c1-2-8-21(22-11-5-9-20(17-22)19-29)10-7-16-27(30)24-13-6-12-23(18-24)25-14-3-4-15-26(25)28(31)32/h3-6,9,11-15,17-18,21,31-32H,2,7-8,10,16,19,29H2,1H3. The summed E-state index contributed by atoms with van der Waals surface area (Å²) in [5.74, 6) is 0.545. The van der Waals surface area contributed by atoms with E-state index in [4.69, 9.17) is 5.73 Å². The third-order valence-corrected chi connectivity index (χ3v) is 5.99. The molecule has 166 valence electrons. The Bertz CT molecular complexity index is 1030. The lowest BCUT2D eigenvalue weighted by molar-refractivity contribution is 0.0978. The SMILES string of the molecule is CCCC(CCCC(=O)c1cccc(-c2ccccc2B(O)O)c1)c1cccc(CN)c1. The molecule has 0 bridgehead atoms. The highest BCUT2D eigenvalue weighted by Crippen LogP contribution is 2.28. The van der Waals surface area contributed by atoms with Crippen LogP contribution in [0.25, 0.3) is 11.1 Å². The highest BCUT2D eigenvalue weighted by molar-refractivity contribution is 6.60. The monoisotopic (exact) mass is 429 g/mol. The van der Waals surface area contributed by atoms with E-state index in [0.29, 0.717) is 29.9 Å². The Labute approximate surface area is 191 Å². The summed E-state index contributed by atoms with van der Waals surface area (Å²) in [5.41, 5.74) is 10.9. The normalized spacial score (nSPS) is 11.9. The number of hydrogen-bond acceptors (Lipinski definition) is 4. The summed E-state index contributed by atoms with van der Waals surface area (Å²) in [6.07, 6.45) is 4.48. The van der Waals surface area contributed by atoms with Gasteiger partial charge >= 0.3 is 7.12 Å². The lowest BCUT2D eigenvalue weighted by Crippen LogP contribution is -2.31. The topological polar surface area (TPSA) is 83.5 Å². The number of rotatable bonds is 11. The van der Waals surface area contributed by atoms with Gasteiger partial charge in [0.05, 0.1) is 0 Å². The van der Waals surface area contributed by atoms with E-state index >= 15 is 0 Å². The first-order valence-corrected chi connectivity index (χ1v) is 11.4. The smallest absolute Gasteiger partial charge is 0.423 e. The van der Waals surface area contributed by atoms with E-state index in [1.54, 1.807) is 12.1 Å². The zero-order chi connectivity index (χ0) is 22.9. The molecule has 0 amide bonds. The Balaban J connectivity index is 1.68. The molecular weight excluding hydrogens is 397 g/mol. The largest absolute Gasteiger partial charge is 0.489 e. The van der Waals surface area contributed by atoms with Gasteiger partial charge in [0.1, 0.15) is 0 Å². The van der Waals surface area contributed by atoms with Crippen molar-refractivity contribution in [2.75, 3.05) is 0 Å². The first kappa shape index (κ1) is 23.9. The van der Waals surface area contributed by atoms with Gasteiger partial charge < -0.3 is 15.8 Å². The van der Waals surface area contributed by atoms with Crippen molar-refractivity contribution in [3.8, 4) is 11.1 Å². The van der Waals surface area contributed by atoms with E-state index in [2.05, 4.69) is 31.2 Å². The van der Waals surface area contributed by atoms with Crippen LogP contribution < -0.4 is 11.2 Å². The van der Waals surface area contributed by atoms with Crippen LogP contribution in [0.4, 0.5) is 0 Å². The molecule has 0 saturated carbocycles. The summed E-state index contributed by atoms with van der Waals surface area (Å²) in [5, 5.41) is 19.3. The molecule has 0 aliphatic heterocycles. The zero-order valence-corrected chi connectivity index (χ0v) is 18.7. The lowest BCUT2D eigenvalue weighted by atomic mass is 9.75. The Morgan fingerprint density at radius 3 is 2.50 bits per heavy atom. The van der Waals surface area contributed by atoms with Crippen LogP contribution in [0.15, 0.2) is 72.8 Å². The number of Topliss-reactive ketones (excluding diaryl/α,β-unsaturated/α-hetero) is 1. The molecule has 32 heavy (non-hydrogen) atoms. The summed E-state index contributed by atoms with van der Waals surface area (Å²) >= 11 is 0. The van der Waals surface area contributed by atoms with Gasteiger partial charge in [0.15, 0.2) is 5.78 Å². The average Bonchev–Trinajstić information content (AvgIpc) is 2.83. The maximum atomic E-state index is 12.9. The third kappa shape index (κ3) is 6.16. The molecule has 0 aromatic heterocycles. The van der Waals surface area contributed by atoms with Crippen LogP contribution >= 0.6 is 0 Å². The molecule has 0 radical (unpaired) electrons. The van der Waals surface area contributed by atoms with Crippen molar-refractivity contribution in [2.24, 2.45) is 5.73 Å². The van der Waals surface area contributed by atoms with Gasteiger partial charge in [-0.3, -0.25) is 4.79 Å². The predicted molar refractivity (Wildman–Crippen MR) is 132 cm³/mol. The highest BCUT2D eigenvalue weighted by Gasteiger charge is 2.17. The Morgan fingerprint density at radius 2 is 1.75 bits per heavy atom. The van der Waals surface area contributed by atoms with Crippen molar-refractivity contribution in [3.05, 3.63) is 89.5 Å². The third-order valence-electron chi connectivity index (χ3n) is 5.99. The van der Waals surface area contributed by atoms with Crippen LogP contribution in [0.5, 0.6) is 0 Å². The van der Waals surface area contributed by atoms with Gasteiger partial charge in [0.2, 0.25) is 0 Å². The molecule has 5 heteroatoms. The van der Waals surface area contributed by atoms with E-state index in [1.807, 2.05) is 36.4 Å². The van der Waals surface area contributed by atoms with E-state index in [-0.39, 0.29) is 5.78 Å². The van der Waals surface area contributed by atoms with Gasteiger partial charge in [-0.2, -0.15) is 0 Å². The van der Waals surface area contributed by atoms with Gasteiger partial charge in [-0.15, -0.1) is 0 Å². The number of nitrogens with two attached hydrogens (primary N) is 1. The molecule has 3 aromatic rings. The summed E-state index contributed by atoms with van der Waals surface area (Å²) in [6.45, 7) is 2.73. The number of hydrogen-bond donors (Lipinski definition) is 3. The molecule has 3 aromatic carbocycles. The van der Waals surface area contributed by atoms with Gasteiger partial charge in [-0.25, -0.2) is 0 Å². The molecule has 0 fully saturated rings. The second-order valence-corrected chi connectivity index (χ2v) is 8.29. The molecule has 1 unspecified atom stereocenters. The quantitative estimate of drug-likeness (QED) is 0.311. The van der Waals surface area contributed by atoms with Crippen LogP contribution in [0.3, 0.4) is 0 Å². The Morgan fingerprint density at radius 1 is 0.969 bits per heavy atom. The maximum Gasteiger partial charge on any atom is 0.489 e. The Kier molecular flexibility index (Phi) is 8.80. The van der Waals surface area contributed by atoms with E-state index in [9.17, 15) is 14.8 Å². The van der Waals surface area contributed by atoms with E-state index in [1.165, 1.54) is 5.56 Å². The molecule has 0 spiro atoms. The van der Waals surface area contributed by atoms with Crippen molar-refractivity contribution in [2.45, 2.75) is 51.5 Å². The van der Waals surface area contributed by atoms with Crippen molar-refractivity contribution < 1.29 is 14.8 Å². The van der Waals surface area contributed by atoms with Crippen LogP contribution in [-0.2, 0) is 6.54 Å². The first-order valence-electron chi connectivity index (χ1n) is 11.4. The highest BCUT2D eigenvalue weighted by atomic mass is 16.4. The van der Waals surface area contributed by atoms with Crippen molar-refractivity contribution in [1.82, 2.24) is 0 Å². The van der Waals surface area contributed by atoms with Gasteiger partial charge in [0.25, 0.3) is 0 Å². The summed E-state index contributed by atoms with van der Waals surface area (Å²) in [6, 6.07) is 23.0. The molecule has 4 N–H and O–H groups in total. The van der Waals surface area contributed by atoms with E-state index in [0.717, 1.165) is 42.4 Å². The second-order valence-electron chi connectivity index (χ2n) is 8.29. The van der Waals surface area contributed by atoms with Crippen LogP contribution in [-0.4, -0.2) is 22.9 Å². The summed E-state index contributed by atoms with van der Waals surface area (Å²) in [7, 11) is -1.56. The molecule has 0 heterocycles. The fourth-order valence-corrected chi connectivity index (χ4v) is 4.30. The molecule has 4 nitrogen and oxygen atoms in total. The van der Waals surface area contributed by atoms with Crippen molar-refractivity contribution in [3.63, 3.8) is 0 Å². The zero-order valence-electron chi connectivity index (χ0n) is 18.7. The number of carbonyl (C=O) groups excluding carboxylic acids is 1. The van der Waals surface area contributed by atoms with Crippen molar-refractivity contribution >= 4 is 18.4 Å². The van der Waals surface area contributed by atoms with Gasteiger partial charge in [-0.1, -0.05) is 80.1 Å². The van der Waals surface area contributed by atoms with Crippen LogP contribution in [0.2, 0.25) is 0 Å². The molecular formula is C27H32BNO3. The minimum Gasteiger partial charge on any atom is -0.423 e. The first-order chi connectivity index (χ1) is 15.5. The van der Waals surface area contributed by atoms with Crippen molar-refractivity contribution in [1.29, 1.82) is 0 Å². The predicted octanol–water partition coefficient (Wildman–Crippen LogP) is 4.43. The fraction of sp³-hybridized carbons (Fsp3) is 0.296. The van der Waals surface area contributed by atoms with Gasteiger partial charge in [-0.05, 0) is 59.0 Å². The number of carbonyl (C=O) groups is 1. The number of ketones is 1. The minimum atomic E-state index is -1.56. The Hall–Kier alpha value is -2.73. The molecule has 1 atom stereocenters. The fourth-order valence-electron chi connectivity index (χ4n) is 4.30. The average molecular weight is 429 g/mol. The van der Waals surface area contributed by atoms with Crippen LogP contribution in [0, 0.1) is 0 Å².